The van der Waals surface area contributed by atoms with E-state index in [0.717, 1.165) is 22.3 Å². The zero-order chi connectivity index (χ0) is 15.2. The number of nitrogens with one attached hydrogen (secondary N) is 2. The van der Waals surface area contributed by atoms with Gasteiger partial charge < -0.3 is 4.57 Å². The van der Waals surface area contributed by atoms with Crippen molar-refractivity contribution in [2.45, 2.75) is 26.3 Å². The number of aromatic nitrogens is 4. The van der Waals surface area contributed by atoms with Crippen LogP contribution in [-0.4, -0.2) is 19.7 Å². The highest BCUT2D eigenvalue weighted by Gasteiger charge is 2.19. The van der Waals surface area contributed by atoms with Crippen LogP contribution in [0.25, 0.3) is 22.3 Å². The molecule has 2 heterocycles. The molecule has 0 amide bonds. The normalized spacial score (nSPS) is 12.0. The first-order chi connectivity index (χ1) is 9.88. The maximum Gasteiger partial charge on any atom is 0.167 e. The molecule has 2 N–H and O–H groups in total. The van der Waals surface area contributed by atoms with E-state index in [1.807, 2.05) is 28.8 Å². The molecule has 0 aliphatic rings. The molecule has 5 nitrogen and oxygen atoms in total. The minimum absolute atomic E-state index is 0.161. The molecule has 0 bridgehead atoms. The van der Waals surface area contributed by atoms with Crippen molar-refractivity contribution >= 4 is 22.6 Å². The van der Waals surface area contributed by atoms with Crippen LogP contribution >= 0.6 is 11.6 Å². The molecule has 0 unspecified atom stereocenters. The fourth-order valence-corrected chi connectivity index (χ4v) is 2.41. The van der Waals surface area contributed by atoms with Crippen LogP contribution in [0.1, 0.15) is 20.8 Å². The summed E-state index contributed by atoms with van der Waals surface area (Å²) in [5.74, 6) is 0. The summed E-state index contributed by atoms with van der Waals surface area (Å²) in [5.41, 5.74) is 2.50. The summed E-state index contributed by atoms with van der Waals surface area (Å²) in [7, 11) is 0. The van der Waals surface area contributed by atoms with Crippen LogP contribution in [0.3, 0.4) is 0 Å². The number of benzene rings is 1. The highest BCUT2D eigenvalue weighted by atomic mass is 35.5. The third-order valence-electron chi connectivity index (χ3n) is 3.37. The van der Waals surface area contributed by atoms with Gasteiger partial charge in [-0.05, 0) is 32.9 Å². The highest BCUT2D eigenvalue weighted by molar-refractivity contribution is 6.30. The van der Waals surface area contributed by atoms with Gasteiger partial charge in [-0.1, -0.05) is 23.7 Å². The van der Waals surface area contributed by atoms with Crippen LogP contribution < -0.4 is 5.49 Å². The van der Waals surface area contributed by atoms with E-state index in [0.29, 0.717) is 5.02 Å². The smallest absolute Gasteiger partial charge is 0.167 e. The van der Waals surface area contributed by atoms with Gasteiger partial charge in [0.2, 0.25) is 0 Å². The van der Waals surface area contributed by atoms with E-state index in [1.165, 1.54) is 0 Å². The SMILES string of the molecule is CC(C)(C)n1cnc(=N)c2c(-c3ccc(Cl)cc3)[nH]nc21. The molecule has 0 radical (unpaired) electrons. The summed E-state index contributed by atoms with van der Waals surface area (Å²) >= 11 is 5.93. The van der Waals surface area contributed by atoms with Gasteiger partial charge in [0.05, 0.1) is 17.4 Å². The molecule has 108 valence electrons. The van der Waals surface area contributed by atoms with Gasteiger partial charge in [-0.15, -0.1) is 0 Å². The quantitative estimate of drug-likeness (QED) is 0.724. The Bertz CT molecular complexity index is 852. The van der Waals surface area contributed by atoms with Gasteiger partial charge in [-0.3, -0.25) is 10.5 Å². The first kappa shape index (κ1) is 13.8. The first-order valence-electron chi connectivity index (χ1n) is 6.64. The Morgan fingerprint density at radius 1 is 1.19 bits per heavy atom. The van der Waals surface area contributed by atoms with Crippen molar-refractivity contribution in [3.8, 4) is 11.3 Å². The molecule has 0 saturated carbocycles. The lowest BCUT2D eigenvalue weighted by Gasteiger charge is -2.22. The Kier molecular flexibility index (Phi) is 3.10. The summed E-state index contributed by atoms with van der Waals surface area (Å²) in [6, 6.07) is 7.45. The zero-order valence-corrected chi connectivity index (χ0v) is 12.9. The molecule has 2 aromatic heterocycles. The minimum atomic E-state index is -0.161. The van der Waals surface area contributed by atoms with E-state index in [4.69, 9.17) is 17.0 Å². The second-order valence-corrected chi connectivity index (χ2v) is 6.37. The lowest BCUT2D eigenvalue weighted by atomic mass is 10.1. The van der Waals surface area contributed by atoms with Gasteiger partial charge in [0.15, 0.2) is 11.1 Å². The second-order valence-electron chi connectivity index (χ2n) is 5.94. The van der Waals surface area contributed by atoms with Gasteiger partial charge in [0, 0.05) is 16.1 Å². The van der Waals surface area contributed by atoms with E-state index >= 15 is 0 Å². The lowest BCUT2D eigenvalue weighted by Crippen LogP contribution is -2.25. The molecule has 0 saturated heterocycles. The van der Waals surface area contributed by atoms with Gasteiger partial charge in [0.1, 0.15) is 0 Å². The third kappa shape index (κ3) is 2.34. The maximum atomic E-state index is 8.10. The summed E-state index contributed by atoms with van der Waals surface area (Å²) in [6.45, 7) is 6.23. The molecule has 1 aromatic carbocycles. The second kappa shape index (κ2) is 4.70. The van der Waals surface area contributed by atoms with Crippen molar-refractivity contribution in [2.24, 2.45) is 0 Å². The van der Waals surface area contributed by atoms with Crippen molar-refractivity contribution in [3.63, 3.8) is 0 Å². The number of halogens is 1. The summed E-state index contributed by atoms with van der Waals surface area (Å²) in [4.78, 5) is 4.19. The standard InChI is InChI=1S/C15H16ClN5/c1-15(2,3)21-8-18-13(17)11-12(19-20-14(11)21)9-4-6-10(16)7-5-9/h4-8,17H,1-3H3,(H,19,20). The van der Waals surface area contributed by atoms with Crippen LogP contribution in [0.2, 0.25) is 5.02 Å². The molecule has 0 spiro atoms. The molecule has 0 atom stereocenters. The van der Waals surface area contributed by atoms with E-state index < -0.39 is 0 Å². The molecular weight excluding hydrogens is 286 g/mol. The number of hydrogen-bond acceptors (Lipinski definition) is 3. The highest BCUT2D eigenvalue weighted by Crippen LogP contribution is 2.26. The fourth-order valence-electron chi connectivity index (χ4n) is 2.28. The fraction of sp³-hybridized carbons (Fsp3) is 0.267. The minimum Gasteiger partial charge on any atom is -0.310 e. The molecule has 0 aliphatic carbocycles. The lowest BCUT2D eigenvalue weighted by molar-refractivity contribution is 0.400. The number of aromatic amines is 1. The van der Waals surface area contributed by atoms with Crippen LogP contribution in [0.5, 0.6) is 0 Å². The van der Waals surface area contributed by atoms with Crippen molar-refractivity contribution in [2.75, 3.05) is 0 Å². The van der Waals surface area contributed by atoms with Crippen molar-refractivity contribution < 1.29 is 0 Å². The summed E-state index contributed by atoms with van der Waals surface area (Å²) in [6.07, 6.45) is 1.66. The third-order valence-corrected chi connectivity index (χ3v) is 3.62. The Hall–Kier alpha value is -2.14. The van der Waals surface area contributed by atoms with Crippen LogP contribution in [0.15, 0.2) is 30.6 Å². The Balaban J connectivity index is 2.32. The van der Waals surface area contributed by atoms with Crippen molar-refractivity contribution in [1.82, 2.24) is 19.7 Å². The first-order valence-corrected chi connectivity index (χ1v) is 7.02. The zero-order valence-electron chi connectivity index (χ0n) is 12.1. The molecule has 21 heavy (non-hydrogen) atoms. The monoisotopic (exact) mass is 301 g/mol. The van der Waals surface area contributed by atoms with Gasteiger partial charge in [0.25, 0.3) is 0 Å². The largest absolute Gasteiger partial charge is 0.310 e. The van der Waals surface area contributed by atoms with Crippen LogP contribution in [0.4, 0.5) is 0 Å². The van der Waals surface area contributed by atoms with Crippen LogP contribution in [-0.2, 0) is 5.54 Å². The summed E-state index contributed by atoms with van der Waals surface area (Å²) in [5, 5.41) is 16.9. The average Bonchev–Trinajstić information content (AvgIpc) is 2.84. The van der Waals surface area contributed by atoms with E-state index in [1.54, 1.807) is 6.33 Å². The number of nitrogens with zero attached hydrogens (tertiary/aromatic N) is 3. The van der Waals surface area contributed by atoms with Gasteiger partial charge >= 0.3 is 0 Å². The molecule has 0 aliphatic heterocycles. The van der Waals surface area contributed by atoms with Gasteiger partial charge in [-0.25, -0.2) is 4.98 Å². The number of fused-ring (bicyclic) bond motifs is 1. The molecule has 3 rings (SSSR count). The number of rotatable bonds is 1. The molecule has 3 aromatic rings. The number of hydrogen-bond donors (Lipinski definition) is 2. The predicted molar refractivity (Wildman–Crippen MR) is 83.2 cm³/mol. The average molecular weight is 302 g/mol. The Labute approximate surface area is 127 Å². The topological polar surface area (TPSA) is 70.3 Å². The van der Waals surface area contributed by atoms with Crippen molar-refractivity contribution in [1.29, 1.82) is 5.41 Å². The van der Waals surface area contributed by atoms with Gasteiger partial charge in [-0.2, -0.15) is 5.10 Å². The predicted octanol–water partition coefficient (Wildman–Crippen LogP) is 3.31. The summed E-state index contributed by atoms with van der Waals surface area (Å²) < 4.78 is 1.97. The Morgan fingerprint density at radius 2 is 1.86 bits per heavy atom. The van der Waals surface area contributed by atoms with E-state index in [9.17, 15) is 0 Å². The number of H-pyrrole nitrogens is 1. The molecule has 0 fully saturated rings. The molecule has 6 heteroatoms. The van der Waals surface area contributed by atoms with Crippen LogP contribution in [0, 0.1) is 5.41 Å². The Morgan fingerprint density at radius 3 is 2.48 bits per heavy atom. The maximum absolute atomic E-state index is 8.10. The molecular formula is C15H16ClN5. The van der Waals surface area contributed by atoms with E-state index in [-0.39, 0.29) is 11.0 Å². The van der Waals surface area contributed by atoms with E-state index in [2.05, 4.69) is 36.0 Å². The van der Waals surface area contributed by atoms with Crippen molar-refractivity contribution in [3.05, 3.63) is 41.1 Å².